The normalized spacial score (nSPS) is 12.8. The number of esters is 2. The summed E-state index contributed by atoms with van der Waals surface area (Å²) in [6, 6.07) is 0. The summed E-state index contributed by atoms with van der Waals surface area (Å²) in [5, 5.41) is 0. The molecule has 0 aromatic heterocycles. The standard InChI is InChI=1S/C12H23O8P/c1-5-16-11(13)9-10(12(14)17-6-2)20-21(15,18-7-3)19-8-4/h10H,5-9H2,1-4H3. The Balaban J connectivity index is 4.96. The highest BCUT2D eigenvalue weighted by atomic mass is 31.2. The van der Waals surface area contributed by atoms with Gasteiger partial charge >= 0.3 is 19.8 Å². The molecule has 9 heteroatoms. The molecule has 8 nitrogen and oxygen atoms in total. The van der Waals surface area contributed by atoms with Crippen LogP contribution in [0.15, 0.2) is 0 Å². The maximum absolute atomic E-state index is 12.2. The van der Waals surface area contributed by atoms with Gasteiger partial charge in [0.15, 0.2) is 6.10 Å². The fraction of sp³-hybridized carbons (Fsp3) is 0.833. The third kappa shape index (κ3) is 8.16. The number of hydrogen-bond donors (Lipinski definition) is 0. The third-order valence-electron chi connectivity index (χ3n) is 2.04. The highest BCUT2D eigenvalue weighted by Crippen LogP contribution is 2.50. The van der Waals surface area contributed by atoms with Crippen LogP contribution in [0.3, 0.4) is 0 Å². The molecule has 0 bridgehead atoms. The molecular weight excluding hydrogens is 303 g/mol. The lowest BCUT2D eigenvalue weighted by Crippen LogP contribution is -2.30. The molecule has 0 aromatic rings. The minimum Gasteiger partial charge on any atom is -0.466 e. The number of ether oxygens (including phenoxy) is 2. The molecule has 0 heterocycles. The summed E-state index contributed by atoms with van der Waals surface area (Å²) >= 11 is 0. The molecular formula is C12H23O8P. The minimum atomic E-state index is -3.94. The van der Waals surface area contributed by atoms with Crippen molar-refractivity contribution in [3.8, 4) is 0 Å². The summed E-state index contributed by atoms with van der Waals surface area (Å²) in [6.45, 7) is 6.80. The Morgan fingerprint density at radius 3 is 1.86 bits per heavy atom. The van der Waals surface area contributed by atoms with Gasteiger partial charge in [0.05, 0.1) is 32.8 Å². The molecule has 0 fully saturated rings. The first-order chi connectivity index (χ1) is 9.92. The molecule has 21 heavy (non-hydrogen) atoms. The van der Waals surface area contributed by atoms with Gasteiger partial charge in [0.25, 0.3) is 0 Å². The zero-order valence-corrected chi connectivity index (χ0v) is 13.7. The molecule has 0 radical (unpaired) electrons. The number of phosphoric acid groups is 1. The van der Waals surface area contributed by atoms with Gasteiger partial charge < -0.3 is 9.47 Å². The lowest BCUT2D eigenvalue weighted by Gasteiger charge is -2.21. The molecule has 0 aliphatic rings. The fourth-order valence-electron chi connectivity index (χ4n) is 1.34. The molecule has 1 atom stereocenters. The van der Waals surface area contributed by atoms with E-state index < -0.39 is 32.3 Å². The second-order valence-electron chi connectivity index (χ2n) is 3.64. The van der Waals surface area contributed by atoms with Crippen LogP contribution in [0.5, 0.6) is 0 Å². The van der Waals surface area contributed by atoms with Crippen LogP contribution in [0.4, 0.5) is 0 Å². The van der Waals surface area contributed by atoms with E-state index in [9.17, 15) is 14.2 Å². The second kappa shape index (κ2) is 10.7. The SMILES string of the molecule is CCOC(=O)CC(OP(=O)(OCC)OCC)C(=O)OCC. The maximum atomic E-state index is 12.2. The number of carbonyl (C=O) groups is 2. The Labute approximate surface area is 124 Å². The van der Waals surface area contributed by atoms with Crippen LogP contribution in [0.25, 0.3) is 0 Å². The van der Waals surface area contributed by atoms with Crippen molar-refractivity contribution in [2.24, 2.45) is 0 Å². The van der Waals surface area contributed by atoms with E-state index in [2.05, 4.69) is 0 Å². The Morgan fingerprint density at radius 2 is 1.43 bits per heavy atom. The average molecular weight is 326 g/mol. The molecule has 0 rings (SSSR count). The summed E-state index contributed by atoms with van der Waals surface area (Å²) in [5.41, 5.74) is 0. The van der Waals surface area contributed by atoms with Gasteiger partial charge in [-0.05, 0) is 27.7 Å². The van der Waals surface area contributed by atoms with E-state index in [1.54, 1.807) is 27.7 Å². The zero-order chi connectivity index (χ0) is 16.3. The molecule has 0 aliphatic carbocycles. The molecule has 0 aromatic carbocycles. The van der Waals surface area contributed by atoms with Crippen LogP contribution in [-0.4, -0.2) is 44.5 Å². The van der Waals surface area contributed by atoms with E-state index in [1.807, 2.05) is 0 Å². The molecule has 0 saturated heterocycles. The van der Waals surface area contributed by atoms with Gasteiger partial charge in [-0.2, -0.15) is 0 Å². The van der Waals surface area contributed by atoms with Crippen LogP contribution in [-0.2, 0) is 37.2 Å². The van der Waals surface area contributed by atoms with E-state index in [0.29, 0.717) is 0 Å². The van der Waals surface area contributed by atoms with Crippen molar-refractivity contribution in [1.82, 2.24) is 0 Å². The van der Waals surface area contributed by atoms with Crippen molar-refractivity contribution in [3.05, 3.63) is 0 Å². The quantitative estimate of drug-likeness (QED) is 0.420. The highest BCUT2D eigenvalue weighted by Gasteiger charge is 2.36. The first-order valence-corrected chi connectivity index (χ1v) is 8.28. The van der Waals surface area contributed by atoms with Crippen molar-refractivity contribution >= 4 is 19.8 Å². The predicted octanol–water partition coefficient (Wildman–Crippen LogP) is 2.07. The van der Waals surface area contributed by atoms with Gasteiger partial charge in [-0.3, -0.25) is 18.4 Å². The van der Waals surface area contributed by atoms with Crippen LogP contribution >= 0.6 is 7.82 Å². The molecule has 0 amide bonds. The summed E-state index contributed by atoms with van der Waals surface area (Å²) in [5.74, 6) is -1.50. The highest BCUT2D eigenvalue weighted by molar-refractivity contribution is 7.48. The van der Waals surface area contributed by atoms with Gasteiger partial charge in [0, 0.05) is 0 Å². The van der Waals surface area contributed by atoms with E-state index in [4.69, 9.17) is 23.0 Å². The summed E-state index contributed by atoms with van der Waals surface area (Å²) in [7, 11) is -3.94. The van der Waals surface area contributed by atoms with Crippen LogP contribution in [0.1, 0.15) is 34.1 Å². The van der Waals surface area contributed by atoms with Gasteiger partial charge in [-0.1, -0.05) is 0 Å². The minimum absolute atomic E-state index is 0.0617. The molecule has 0 aliphatic heterocycles. The molecule has 0 spiro atoms. The molecule has 1 unspecified atom stereocenters. The monoisotopic (exact) mass is 326 g/mol. The fourth-order valence-corrected chi connectivity index (χ4v) is 2.64. The Bertz CT molecular complexity index is 360. The van der Waals surface area contributed by atoms with Crippen LogP contribution in [0.2, 0.25) is 0 Å². The Morgan fingerprint density at radius 1 is 0.905 bits per heavy atom. The molecule has 0 saturated carbocycles. The third-order valence-corrected chi connectivity index (χ3v) is 3.70. The molecule has 0 N–H and O–H groups in total. The van der Waals surface area contributed by atoms with E-state index in [1.165, 1.54) is 0 Å². The summed E-state index contributed by atoms with van der Waals surface area (Å²) < 4.78 is 36.7. The Hall–Kier alpha value is -0.950. The summed E-state index contributed by atoms with van der Waals surface area (Å²) in [6.07, 6.45) is -1.84. The predicted molar refractivity (Wildman–Crippen MR) is 73.6 cm³/mol. The topological polar surface area (TPSA) is 97.4 Å². The van der Waals surface area contributed by atoms with Crippen molar-refractivity contribution in [3.63, 3.8) is 0 Å². The van der Waals surface area contributed by atoms with Crippen molar-refractivity contribution in [2.75, 3.05) is 26.4 Å². The average Bonchev–Trinajstić information content (AvgIpc) is 2.39. The number of carbonyl (C=O) groups excluding carboxylic acids is 2. The van der Waals surface area contributed by atoms with Crippen LogP contribution in [0, 0.1) is 0 Å². The van der Waals surface area contributed by atoms with Gasteiger partial charge in [0.2, 0.25) is 0 Å². The van der Waals surface area contributed by atoms with E-state index in [0.717, 1.165) is 0 Å². The number of rotatable bonds is 11. The van der Waals surface area contributed by atoms with Crippen molar-refractivity contribution < 1.29 is 37.2 Å². The first kappa shape index (κ1) is 20.1. The van der Waals surface area contributed by atoms with Gasteiger partial charge in [-0.15, -0.1) is 0 Å². The number of hydrogen-bond acceptors (Lipinski definition) is 8. The second-order valence-corrected chi connectivity index (χ2v) is 5.26. The first-order valence-electron chi connectivity index (χ1n) is 6.82. The largest absolute Gasteiger partial charge is 0.475 e. The smallest absolute Gasteiger partial charge is 0.466 e. The van der Waals surface area contributed by atoms with Crippen molar-refractivity contribution in [1.29, 1.82) is 0 Å². The lowest BCUT2D eigenvalue weighted by atomic mass is 10.2. The maximum Gasteiger partial charge on any atom is 0.475 e. The van der Waals surface area contributed by atoms with E-state index >= 15 is 0 Å². The number of phosphoric ester groups is 1. The molecule has 124 valence electrons. The van der Waals surface area contributed by atoms with Gasteiger partial charge in [-0.25, -0.2) is 9.36 Å². The van der Waals surface area contributed by atoms with Crippen molar-refractivity contribution in [2.45, 2.75) is 40.2 Å². The van der Waals surface area contributed by atoms with E-state index in [-0.39, 0.29) is 26.4 Å². The Kier molecular flexibility index (Phi) is 10.2. The van der Waals surface area contributed by atoms with Gasteiger partial charge in [0.1, 0.15) is 0 Å². The zero-order valence-electron chi connectivity index (χ0n) is 12.8. The lowest BCUT2D eigenvalue weighted by molar-refractivity contribution is -0.159. The summed E-state index contributed by atoms with van der Waals surface area (Å²) in [4.78, 5) is 23.3. The van der Waals surface area contributed by atoms with Crippen LogP contribution < -0.4 is 0 Å².